The fourth-order valence-electron chi connectivity index (χ4n) is 3.77. The van der Waals surface area contributed by atoms with Crippen LogP contribution in [0.25, 0.3) is 44.8 Å². The summed E-state index contributed by atoms with van der Waals surface area (Å²) >= 11 is 0. The van der Waals surface area contributed by atoms with E-state index in [0.717, 1.165) is 44.8 Å². The minimum Gasteiger partial charge on any atom is -0.440 e. The lowest BCUT2D eigenvalue weighted by atomic mass is 9.86. The number of oxazole rings is 2. The number of hydrogen-bond donors (Lipinski definition) is 0. The Morgan fingerprint density at radius 1 is 0.594 bits per heavy atom. The summed E-state index contributed by atoms with van der Waals surface area (Å²) in [6, 6.07) is 20.7. The van der Waals surface area contributed by atoms with Gasteiger partial charge in [0.05, 0.1) is 0 Å². The summed E-state index contributed by atoms with van der Waals surface area (Å²) in [5.41, 5.74) is 7.60. The third kappa shape index (κ3) is 3.70. The maximum Gasteiger partial charge on any atom is 0.227 e. The van der Waals surface area contributed by atoms with Crippen molar-refractivity contribution in [2.24, 2.45) is 0 Å². The molecule has 5 aromatic rings. The molecule has 0 amide bonds. The Balaban J connectivity index is 1.53. The third-order valence-corrected chi connectivity index (χ3v) is 5.73. The van der Waals surface area contributed by atoms with Crippen molar-refractivity contribution < 1.29 is 8.83 Å². The molecule has 0 fully saturated rings. The quantitative estimate of drug-likeness (QED) is 0.289. The van der Waals surface area contributed by atoms with Gasteiger partial charge in [-0.05, 0) is 58.5 Å². The minimum atomic E-state index is -0.126. The molecule has 32 heavy (non-hydrogen) atoms. The Labute approximate surface area is 188 Å². The normalized spacial score (nSPS) is 12.7. The molecule has 0 bridgehead atoms. The van der Waals surface area contributed by atoms with E-state index in [1.807, 2.05) is 30.3 Å². The van der Waals surface area contributed by atoms with Crippen molar-refractivity contribution in [3.05, 3.63) is 72.1 Å². The average Bonchev–Trinajstić information content (AvgIpc) is 3.36. The molecule has 5 rings (SSSR count). The lowest BCUT2D eigenvalue weighted by Crippen LogP contribution is -2.10. The summed E-state index contributed by atoms with van der Waals surface area (Å²) in [5.74, 6) is 1.39. The highest BCUT2D eigenvalue weighted by Crippen LogP contribution is 2.33. The van der Waals surface area contributed by atoms with Crippen LogP contribution in [0.5, 0.6) is 0 Å². The SMILES string of the molecule is CC(C)(C)c1cccc(-c2nc3ccc(-c4ccc5nc(C(C)(C)C)oc5c4)cc3o2)c1. The van der Waals surface area contributed by atoms with Crippen LogP contribution in [0, 0.1) is 0 Å². The summed E-state index contributed by atoms with van der Waals surface area (Å²) in [5, 5.41) is 0. The lowest BCUT2D eigenvalue weighted by molar-refractivity contribution is 0.411. The van der Waals surface area contributed by atoms with Crippen LogP contribution in [0.2, 0.25) is 0 Å². The molecular weight excluding hydrogens is 396 g/mol. The Kier molecular flexibility index (Phi) is 4.52. The molecule has 0 saturated carbocycles. The molecule has 2 aromatic heterocycles. The lowest BCUT2D eigenvalue weighted by Gasteiger charge is -2.19. The van der Waals surface area contributed by atoms with Crippen molar-refractivity contribution in [3.63, 3.8) is 0 Å². The Morgan fingerprint density at radius 3 is 1.84 bits per heavy atom. The molecule has 4 nitrogen and oxygen atoms in total. The van der Waals surface area contributed by atoms with Crippen LogP contribution in [-0.2, 0) is 10.8 Å². The summed E-state index contributed by atoms with van der Waals surface area (Å²) < 4.78 is 12.2. The molecule has 0 saturated heterocycles. The molecule has 0 spiro atoms. The van der Waals surface area contributed by atoms with Gasteiger partial charge in [0.2, 0.25) is 11.8 Å². The number of aromatic nitrogens is 2. The van der Waals surface area contributed by atoms with Gasteiger partial charge in [0.25, 0.3) is 0 Å². The first-order valence-corrected chi connectivity index (χ1v) is 11.0. The Hall–Kier alpha value is -3.40. The maximum absolute atomic E-state index is 6.17. The van der Waals surface area contributed by atoms with Crippen LogP contribution >= 0.6 is 0 Å². The van der Waals surface area contributed by atoms with E-state index >= 15 is 0 Å². The molecule has 0 aliphatic carbocycles. The van der Waals surface area contributed by atoms with E-state index in [1.54, 1.807) is 0 Å². The van der Waals surface area contributed by atoms with E-state index in [0.29, 0.717) is 5.89 Å². The monoisotopic (exact) mass is 424 g/mol. The molecule has 0 aliphatic heterocycles. The van der Waals surface area contributed by atoms with Gasteiger partial charge in [0.1, 0.15) is 11.0 Å². The smallest absolute Gasteiger partial charge is 0.227 e. The summed E-state index contributed by atoms with van der Waals surface area (Å²) in [4.78, 5) is 9.36. The van der Waals surface area contributed by atoms with Crippen LogP contribution in [0.4, 0.5) is 0 Å². The van der Waals surface area contributed by atoms with E-state index in [1.165, 1.54) is 5.56 Å². The molecule has 0 unspecified atom stereocenters. The maximum atomic E-state index is 6.17. The number of benzene rings is 3. The first kappa shape index (κ1) is 20.5. The Morgan fingerprint density at radius 2 is 1.22 bits per heavy atom. The zero-order valence-corrected chi connectivity index (χ0v) is 19.5. The van der Waals surface area contributed by atoms with Gasteiger partial charge in [0.15, 0.2) is 11.2 Å². The molecule has 0 atom stereocenters. The van der Waals surface area contributed by atoms with Gasteiger partial charge in [-0.1, -0.05) is 65.8 Å². The van der Waals surface area contributed by atoms with Crippen LogP contribution in [-0.4, -0.2) is 9.97 Å². The van der Waals surface area contributed by atoms with Crippen molar-refractivity contribution in [1.82, 2.24) is 9.97 Å². The standard InChI is InChI=1S/C28H28N2O2/c1-27(2,3)20-9-7-8-19(14-20)25-29-21-12-10-17(15-23(21)31-25)18-11-13-22-24(16-18)32-26(30-22)28(4,5)6/h7-16H,1-6H3. The van der Waals surface area contributed by atoms with Crippen molar-refractivity contribution in [1.29, 1.82) is 0 Å². The molecule has 0 aliphatic rings. The van der Waals surface area contributed by atoms with E-state index in [4.69, 9.17) is 13.8 Å². The molecule has 2 heterocycles. The van der Waals surface area contributed by atoms with E-state index < -0.39 is 0 Å². The van der Waals surface area contributed by atoms with Gasteiger partial charge >= 0.3 is 0 Å². The number of nitrogens with zero attached hydrogens (tertiary/aromatic N) is 2. The molecule has 0 N–H and O–H groups in total. The van der Waals surface area contributed by atoms with Crippen LogP contribution < -0.4 is 0 Å². The first-order valence-electron chi connectivity index (χ1n) is 11.0. The predicted octanol–water partition coefficient (Wildman–Crippen LogP) is 7.90. The van der Waals surface area contributed by atoms with Gasteiger partial charge in [0, 0.05) is 11.0 Å². The zero-order chi connectivity index (χ0) is 22.7. The fourth-order valence-corrected chi connectivity index (χ4v) is 3.77. The molecule has 4 heteroatoms. The van der Waals surface area contributed by atoms with E-state index in [9.17, 15) is 0 Å². The molecule has 3 aromatic carbocycles. The summed E-state index contributed by atoms with van der Waals surface area (Å²) in [6.45, 7) is 12.9. The van der Waals surface area contributed by atoms with Crippen LogP contribution in [0.15, 0.2) is 69.5 Å². The first-order chi connectivity index (χ1) is 15.1. The average molecular weight is 425 g/mol. The summed E-state index contributed by atoms with van der Waals surface area (Å²) in [7, 11) is 0. The van der Waals surface area contributed by atoms with Crippen molar-refractivity contribution in [2.45, 2.75) is 52.4 Å². The number of fused-ring (bicyclic) bond motifs is 2. The molecular formula is C28H28N2O2. The number of hydrogen-bond acceptors (Lipinski definition) is 4. The van der Waals surface area contributed by atoms with Crippen molar-refractivity contribution in [3.8, 4) is 22.6 Å². The molecule has 162 valence electrons. The largest absolute Gasteiger partial charge is 0.440 e. The second kappa shape index (κ2) is 7.06. The highest BCUT2D eigenvalue weighted by molar-refractivity contribution is 5.85. The third-order valence-electron chi connectivity index (χ3n) is 5.73. The van der Waals surface area contributed by atoms with Gasteiger partial charge < -0.3 is 8.83 Å². The summed E-state index contributed by atoms with van der Waals surface area (Å²) in [6.07, 6.45) is 0. The zero-order valence-electron chi connectivity index (χ0n) is 19.5. The molecule has 0 radical (unpaired) electrons. The van der Waals surface area contributed by atoms with Gasteiger partial charge in [-0.2, -0.15) is 0 Å². The van der Waals surface area contributed by atoms with Gasteiger partial charge in [-0.25, -0.2) is 9.97 Å². The van der Waals surface area contributed by atoms with E-state index in [-0.39, 0.29) is 10.8 Å². The Bertz CT molecular complexity index is 1440. The van der Waals surface area contributed by atoms with Crippen molar-refractivity contribution in [2.75, 3.05) is 0 Å². The highest BCUT2D eigenvalue weighted by Gasteiger charge is 2.21. The number of rotatable bonds is 2. The minimum absolute atomic E-state index is 0.0708. The highest BCUT2D eigenvalue weighted by atomic mass is 16.4. The second-order valence-electron chi connectivity index (χ2n) is 10.5. The predicted molar refractivity (Wildman–Crippen MR) is 130 cm³/mol. The topological polar surface area (TPSA) is 52.1 Å². The van der Waals surface area contributed by atoms with Crippen molar-refractivity contribution >= 4 is 22.2 Å². The second-order valence-corrected chi connectivity index (χ2v) is 10.5. The fraction of sp³-hybridized carbons (Fsp3) is 0.286. The van der Waals surface area contributed by atoms with Gasteiger partial charge in [-0.3, -0.25) is 0 Å². The van der Waals surface area contributed by atoms with Crippen LogP contribution in [0.1, 0.15) is 53.0 Å². The van der Waals surface area contributed by atoms with E-state index in [2.05, 4.69) is 76.9 Å². The van der Waals surface area contributed by atoms with Crippen LogP contribution in [0.3, 0.4) is 0 Å². The van der Waals surface area contributed by atoms with Gasteiger partial charge in [-0.15, -0.1) is 0 Å².